The highest BCUT2D eigenvalue weighted by Gasteiger charge is 2.10. The van der Waals surface area contributed by atoms with Crippen molar-refractivity contribution in [1.29, 1.82) is 5.26 Å². The molecular formula is C12H11N3OS2. The summed E-state index contributed by atoms with van der Waals surface area (Å²) in [6.07, 6.45) is 0. The van der Waals surface area contributed by atoms with Crippen LogP contribution < -0.4 is 10.5 Å². The number of hydrogen-bond acceptors (Lipinski definition) is 5. The van der Waals surface area contributed by atoms with Crippen LogP contribution in [-0.4, -0.2) is 11.2 Å². The summed E-state index contributed by atoms with van der Waals surface area (Å²) in [4.78, 5) is 0.439. The van der Waals surface area contributed by atoms with Crippen molar-refractivity contribution in [3.05, 3.63) is 33.1 Å². The van der Waals surface area contributed by atoms with Crippen LogP contribution in [0, 0.1) is 15.3 Å². The molecule has 0 atom stereocenters. The molecule has 6 heteroatoms. The molecule has 0 amide bonds. The third-order valence-electron chi connectivity index (χ3n) is 2.35. The lowest BCUT2D eigenvalue weighted by Gasteiger charge is -2.07. The van der Waals surface area contributed by atoms with E-state index in [1.807, 2.05) is 37.3 Å². The fourth-order valence-corrected chi connectivity index (χ4v) is 2.73. The van der Waals surface area contributed by atoms with E-state index in [1.54, 1.807) is 4.57 Å². The van der Waals surface area contributed by atoms with Crippen LogP contribution in [0.3, 0.4) is 0 Å². The fourth-order valence-electron chi connectivity index (χ4n) is 1.57. The molecule has 0 aliphatic heterocycles. The summed E-state index contributed by atoms with van der Waals surface area (Å²) in [6.45, 7) is 2.55. The summed E-state index contributed by atoms with van der Waals surface area (Å²) >= 11 is 6.42. The van der Waals surface area contributed by atoms with Crippen LogP contribution in [0.4, 0.5) is 5.82 Å². The molecule has 0 radical (unpaired) electrons. The highest BCUT2D eigenvalue weighted by Crippen LogP contribution is 2.26. The lowest BCUT2D eigenvalue weighted by atomic mass is 10.3. The number of aromatic nitrogens is 1. The summed E-state index contributed by atoms with van der Waals surface area (Å²) in [7, 11) is 0. The van der Waals surface area contributed by atoms with Crippen LogP contribution in [0.25, 0.3) is 5.69 Å². The molecule has 0 spiro atoms. The summed E-state index contributed by atoms with van der Waals surface area (Å²) in [5.41, 5.74) is 6.73. The molecule has 1 heterocycles. The van der Waals surface area contributed by atoms with E-state index in [9.17, 15) is 0 Å². The van der Waals surface area contributed by atoms with E-state index >= 15 is 0 Å². The fraction of sp³-hybridized carbons (Fsp3) is 0.167. The number of nitrogens with zero attached hydrogens (tertiary/aromatic N) is 2. The molecule has 1 aromatic carbocycles. The third kappa shape index (κ3) is 2.23. The first kappa shape index (κ1) is 12.6. The molecule has 2 rings (SSSR count). The number of nitrogens with two attached hydrogens (primary N) is 1. The Morgan fingerprint density at radius 2 is 2.11 bits per heavy atom. The van der Waals surface area contributed by atoms with Gasteiger partial charge in [-0.3, -0.25) is 4.57 Å². The zero-order chi connectivity index (χ0) is 13.1. The number of ether oxygens (including phenoxy) is 1. The second-order valence-corrected chi connectivity index (χ2v) is 5.10. The predicted octanol–water partition coefficient (Wildman–Crippen LogP) is 3.12. The minimum Gasteiger partial charge on any atom is -0.494 e. The monoisotopic (exact) mass is 277 g/mol. The number of nitriles is 1. The molecule has 0 aliphatic carbocycles. The third-order valence-corrected chi connectivity index (χ3v) is 3.65. The van der Waals surface area contributed by atoms with Crippen molar-refractivity contribution >= 4 is 29.4 Å². The van der Waals surface area contributed by atoms with Gasteiger partial charge in [0.1, 0.15) is 22.5 Å². The second kappa shape index (κ2) is 5.21. The zero-order valence-corrected chi connectivity index (χ0v) is 11.3. The van der Waals surface area contributed by atoms with Crippen LogP contribution in [0.5, 0.6) is 5.75 Å². The molecule has 1 aromatic heterocycles. The van der Waals surface area contributed by atoms with Crippen molar-refractivity contribution in [2.45, 2.75) is 6.92 Å². The number of nitrogen functional groups attached to an aromatic ring is 1. The highest BCUT2D eigenvalue weighted by atomic mass is 32.1. The van der Waals surface area contributed by atoms with E-state index in [2.05, 4.69) is 0 Å². The van der Waals surface area contributed by atoms with Gasteiger partial charge in [0.2, 0.25) is 0 Å². The van der Waals surface area contributed by atoms with Gasteiger partial charge < -0.3 is 10.5 Å². The van der Waals surface area contributed by atoms with E-state index < -0.39 is 0 Å². The summed E-state index contributed by atoms with van der Waals surface area (Å²) in [5.74, 6) is 1.18. The Balaban J connectivity index is 2.46. The number of thiazole rings is 1. The Morgan fingerprint density at radius 1 is 1.44 bits per heavy atom. The van der Waals surface area contributed by atoms with Gasteiger partial charge >= 0.3 is 0 Å². The van der Waals surface area contributed by atoms with Gasteiger partial charge in [-0.05, 0) is 43.4 Å². The average molecular weight is 277 g/mol. The quantitative estimate of drug-likeness (QED) is 0.875. The van der Waals surface area contributed by atoms with Gasteiger partial charge in [0.05, 0.1) is 6.61 Å². The maximum absolute atomic E-state index is 8.92. The summed E-state index contributed by atoms with van der Waals surface area (Å²) in [6, 6.07) is 9.47. The van der Waals surface area contributed by atoms with Crippen molar-refractivity contribution in [1.82, 2.24) is 4.57 Å². The van der Waals surface area contributed by atoms with Gasteiger partial charge in [0.15, 0.2) is 3.95 Å². The van der Waals surface area contributed by atoms with Gasteiger partial charge in [0, 0.05) is 5.69 Å². The highest BCUT2D eigenvalue weighted by molar-refractivity contribution is 7.73. The van der Waals surface area contributed by atoms with Crippen molar-refractivity contribution in [3.8, 4) is 17.5 Å². The van der Waals surface area contributed by atoms with Gasteiger partial charge in [-0.2, -0.15) is 5.26 Å². The molecule has 4 nitrogen and oxygen atoms in total. The average Bonchev–Trinajstić information content (AvgIpc) is 2.66. The Bertz CT molecular complexity index is 649. The van der Waals surface area contributed by atoms with Crippen LogP contribution in [0.15, 0.2) is 24.3 Å². The molecule has 2 N–H and O–H groups in total. The van der Waals surface area contributed by atoms with Crippen LogP contribution in [0.2, 0.25) is 0 Å². The first-order chi connectivity index (χ1) is 8.67. The maximum atomic E-state index is 8.92. The van der Waals surface area contributed by atoms with Crippen LogP contribution in [0.1, 0.15) is 11.8 Å². The van der Waals surface area contributed by atoms with Crippen LogP contribution >= 0.6 is 23.6 Å². The molecule has 18 heavy (non-hydrogen) atoms. The lowest BCUT2D eigenvalue weighted by molar-refractivity contribution is 0.340. The Hall–Kier alpha value is -1.84. The van der Waals surface area contributed by atoms with E-state index in [1.165, 1.54) is 11.3 Å². The summed E-state index contributed by atoms with van der Waals surface area (Å²) in [5, 5.41) is 8.92. The van der Waals surface area contributed by atoms with Gasteiger partial charge in [-0.15, -0.1) is 0 Å². The van der Waals surface area contributed by atoms with E-state index in [0.29, 0.717) is 21.3 Å². The van der Waals surface area contributed by atoms with E-state index in [-0.39, 0.29) is 0 Å². The minimum atomic E-state index is 0.386. The SMILES string of the molecule is CCOc1ccc(-n2c(N)c(C#N)sc2=S)cc1. The molecular weight excluding hydrogens is 266 g/mol. The van der Waals surface area contributed by atoms with Crippen molar-refractivity contribution < 1.29 is 4.74 Å². The Kier molecular flexibility index (Phi) is 3.65. The van der Waals surface area contributed by atoms with Gasteiger partial charge in [-0.25, -0.2) is 0 Å². The molecule has 0 saturated carbocycles. The Labute approximate surface area is 114 Å². The largest absolute Gasteiger partial charge is 0.494 e. The van der Waals surface area contributed by atoms with Gasteiger partial charge in [0.25, 0.3) is 0 Å². The normalized spacial score (nSPS) is 10.0. The molecule has 0 unspecified atom stereocenters. The first-order valence-electron chi connectivity index (χ1n) is 5.32. The number of anilines is 1. The standard InChI is InChI=1S/C12H11N3OS2/c1-2-16-9-5-3-8(4-6-9)15-11(14)10(7-13)18-12(15)17/h3-6H,2,14H2,1H3. The molecule has 0 bridgehead atoms. The zero-order valence-electron chi connectivity index (χ0n) is 9.71. The number of hydrogen-bond donors (Lipinski definition) is 1. The molecule has 0 aliphatic rings. The first-order valence-corrected chi connectivity index (χ1v) is 6.54. The molecule has 2 aromatic rings. The maximum Gasteiger partial charge on any atom is 0.168 e. The van der Waals surface area contributed by atoms with Crippen molar-refractivity contribution in [2.75, 3.05) is 12.3 Å². The minimum absolute atomic E-state index is 0.386. The molecule has 0 fully saturated rings. The van der Waals surface area contributed by atoms with E-state index in [0.717, 1.165) is 11.4 Å². The van der Waals surface area contributed by atoms with E-state index in [4.69, 9.17) is 28.0 Å². The van der Waals surface area contributed by atoms with Crippen LogP contribution in [-0.2, 0) is 0 Å². The number of rotatable bonds is 3. The Morgan fingerprint density at radius 3 is 2.61 bits per heavy atom. The predicted molar refractivity (Wildman–Crippen MR) is 74.8 cm³/mol. The second-order valence-electron chi connectivity index (χ2n) is 3.46. The molecule has 92 valence electrons. The smallest absolute Gasteiger partial charge is 0.168 e. The van der Waals surface area contributed by atoms with Gasteiger partial charge in [-0.1, -0.05) is 11.3 Å². The van der Waals surface area contributed by atoms with Crippen molar-refractivity contribution in [2.24, 2.45) is 0 Å². The molecule has 0 saturated heterocycles. The van der Waals surface area contributed by atoms with Crippen molar-refractivity contribution in [3.63, 3.8) is 0 Å². The summed E-state index contributed by atoms with van der Waals surface area (Å²) < 4.78 is 7.62. The number of benzene rings is 1. The topological polar surface area (TPSA) is 64.0 Å². The lowest BCUT2D eigenvalue weighted by Crippen LogP contribution is -2.01.